The van der Waals surface area contributed by atoms with Gasteiger partial charge in [0.2, 0.25) is 5.95 Å². The van der Waals surface area contributed by atoms with Crippen LogP contribution in [-0.4, -0.2) is 49.2 Å². The molecule has 0 saturated heterocycles. The van der Waals surface area contributed by atoms with Gasteiger partial charge in [0.15, 0.2) is 11.5 Å². The van der Waals surface area contributed by atoms with Crippen LogP contribution in [-0.2, 0) is 6.54 Å². The average molecular weight is 460 g/mol. The van der Waals surface area contributed by atoms with E-state index in [2.05, 4.69) is 27.2 Å². The molecule has 4 rings (SSSR count). The molecule has 1 N–H and O–H groups in total. The summed E-state index contributed by atoms with van der Waals surface area (Å²) >= 11 is 0. The summed E-state index contributed by atoms with van der Waals surface area (Å²) < 4.78 is 3.29. The third kappa shape index (κ3) is 4.41. The molecule has 9 heteroatoms. The zero-order chi connectivity index (χ0) is 24.6. The van der Waals surface area contributed by atoms with Crippen molar-refractivity contribution >= 4 is 28.6 Å². The van der Waals surface area contributed by atoms with Crippen LogP contribution >= 0.6 is 0 Å². The van der Waals surface area contributed by atoms with Crippen molar-refractivity contribution in [2.45, 2.75) is 34.2 Å². The number of nitrogens with one attached hydrogen (secondary N) is 1. The van der Waals surface area contributed by atoms with E-state index in [0.29, 0.717) is 34.9 Å². The second kappa shape index (κ2) is 9.09. The third-order valence-corrected chi connectivity index (χ3v) is 5.59. The molecule has 0 unspecified atom stereocenters. The summed E-state index contributed by atoms with van der Waals surface area (Å²) in [6, 6.07) is 9.35. The van der Waals surface area contributed by atoms with Crippen LogP contribution < -0.4 is 10.9 Å². The van der Waals surface area contributed by atoms with Crippen molar-refractivity contribution < 1.29 is 4.79 Å². The van der Waals surface area contributed by atoms with E-state index >= 15 is 0 Å². The van der Waals surface area contributed by atoms with Crippen LogP contribution in [0.5, 0.6) is 0 Å². The predicted molar refractivity (Wildman–Crippen MR) is 133 cm³/mol. The van der Waals surface area contributed by atoms with Crippen LogP contribution in [0.2, 0.25) is 0 Å². The van der Waals surface area contributed by atoms with Gasteiger partial charge in [-0.15, -0.1) is 0 Å². The maximum Gasteiger partial charge on any atom is 0.278 e. The van der Waals surface area contributed by atoms with Gasteiger partial charge in [-0.2, -0.15) is 4.98 Å². The summed E-state index contributed by atoms with van der Waals surface area (Å²) in [4.78, 5) is 40.9. The lowest BCUT2D eigenvalue weighted by molar-refractivity contribution is 0.0827. The Kier molecular flexibility index (Phi) is 6.19. The molecule has 0 radical (unpaired) electrons. The van der Waals surface area contributed by atoms with Crippen LogP contribution in [0, 0.1) is 19.8 Å². The summed E-state index contributed by atoms with van der Waals surface area (Å²) in [6.45, 7) is 8.63. The maximum atomic E-state index is 13.3. The molecule has 0 aliphatic rings. The Labute approximate surface area is 198 Å². The Morgan fingerprint density at radius 3 is 2.53 bits per heavy atom. The molecule has 9 nitrogen and oxygen atoms in total. The molecule has 0 aliphatic carbocycles. The quantitative estimate of drug-likeness (QED) is 0.472. The highest BCUT2D eigenvalue weighted by Crippen LogP contribution is 2.21. The largest absolute Gasteiger partial charge is 0.345 e. The van der Waals surface area contributed by atoms with E-state index < -0.39 is 0 Å². The normalized spacial score (nSPS) is 11.3. The van der Waals surface area contributed by atoms with Crippen LogP contribution in [0.4, 0.5) is 11.6 Å². The van der Waals surface area contributed by atoms with Gasteiger partial charge in [0.05, 0.1) is 0 Å². The fourth-order valence-corrected chi connectivity index (χ4v) is 3.71. The number of carbonyl (C=O) groups is 1. The molecule has 1 amide bonds. The Balaban J connectivity index is 1.89. The third-order valence-electron chi connectivity index (χ3n) is 5.59. The number of aromatic nitrogens is 5. The van der Waals surface area contributed by atoms with E-state index in [1.807, 2.05) is 39.0 Å². The first-order chi connectivity index (χ1) is 16.2. The molecule has 3 aromatic heterocycles. The van der Waals surface area contributed by atoms with Gasteiger partial charge in [0, 0.05) is 44.3 Å². The second-order valence-corrected chi connectivity index (χ2v) is 9.05. The van der Waals surface area contributed by atoms with E-state index in [1.54, 1.807) is 41.8 Å². The molecule has 3 heterocycles. The number of rotatable bonds is 6. The Morgan fingerprint density at radius 1 is 1.09 bits per heavy atom. The lowest BCUT2D eigenvalue weighted by Crippen LogP contribution is -2.26. The van der Waals surface area contributed by atoms with Crippen molar-refractivity contribution in [1.82, 2.24) is 29.2 Å². The highest BCUT2D eigenvalue weighted by atomic mass is 16.2. The van der Waals surface area contributed by atoms with Gasteiger partial charge >= 0.3 is 0 Å². The molecule has 0 atom stereocenters. The van der Waals surface area contributed by atoms with Gasteiger partial charge in [-0.05, 0) is 55.2 Å². The van der Waals surface area contributed by atoms with Gasteiger partial charge in [-0.3, -0.25) is 9.59 Å². The molecule has 0 fully saturated rings. The van der Waals surface area contributed by atoms with Gasteiger partial charge in [-0.1, -0.05) is 19.9 Å². The minimum absolute atomic E-state index is 0.149. The molecular formula is C25H29N7O2. The van der Waals surface area contributed by atoms with E-state index in [9.17, 15) is 9.59 Å². The summed E-state index contributed by atoms with van der Waals surface area (Å²) in [6.07, 6.45) is 3.10. The molecule has 34 heavy (non-hydrogen) atoms. The number of amides is 1. The number of hydrogen-bond donors (Lipinski definition) is 1. The van der Waals surface area contributed by atoms with Crippen molar-refractivity contribution in [3.63, 3.8) is 0 Å². The Hall–Kier alpha value is -4.01. The Morgan fingerprint density at radius 2 is 1.85 bits per heavy atom. The highest BCUT2D eigenvalue weighted by molar-refractivity contribution is 5.94. The Bertz CT molecular complexity index is 1430. The number of hydrogen-bond acceptors (Lipinski definition) is 6. The first-order valence-electron chi connectivity index (χ1n) is 11.2. The van der Waals surface area contributed by atoms with E-state index in [1.165, 1.54) is 16.7 Å². The molecular weight excluding hydrogens is 430 g/mol. The SMILES string of the molecule is Cc1ccc(Nc2ncc3c(=O)n(CC(C)C)n(-c4cc(C(=O)N(C)C)ccn4)c3n2)cc1C. The van der Waals surface area contributed by atoms with Crippen LogP contribution in [0.3, 0.4) is 0 Å². The number of pyridine rings is 1. The zero-order valence-corrected chi connectivity index (χ0v) is 20.3. The topological polar surface area (TPSA) is 97.9 Å². The van der Waals surface area contributed by atoms with Crippen molar-refractivity contribution in [3.05, 3.63) is 69.8 Å². The lowest BCUT2D eigenvalue weighted by atomic mass is 10.1. The molecule has 0 bridgehead atoms. The van der Waals surface area contributed by atoms with E-state index in [4.69, 9.17) is 0 Å². The monoisotopic (exact) mass is 459 g/mol. The standard InChI is InChI=1S/C25H29N7O2/c1-15(2)14-31-24(34)20-13-27-25(28-19-8-7-16(3)17(4)11-19)29-22(20)32(31)21-12-18(9-10-26-21)23(33)30(5)6/h7-13,15H,14H2,1-6H3,(H,27,28,29). The maximum absolute atomic E-state index is 13.3. The fourth-order valence-electron chi connectivity index (χ4n) is 3.71. The molecule has 176 valence electrons. The van der Waals surface area contributed by atoms with Gasteiger partial charge < -0.3 is 10.2 Å². The predicted octanol–water partition coefficient (Wildman–Crippen LogP) is 3.70. The minimum atomic E-state index is -0.201. The summed E-state index contributed by atoms with van der Waals surface area (Å²) in [5.41, 5.74) is 3.90. The van der Waals surface area contributed by atoms with Crippen LogP contribution in [0.15, 0.2) is 47.5 Å². The first kappa shape index (κ1) is 23.2. The highest BCUT2D eigenvalue weighted by Gasteiger charge is 2.20. The zero-order valence-electron chi connectivity index (χ0n) is 20.3. The average Bonchev–Trinajstić information content (AvgIpc) is 3.06. The van der Waals surface area contributed by atoms with Crippen molar-refractivity contribution in [2.75, 3.05) is 19.4 Å². The van der Waals surface area contributed by atoms with Crippen LogP contribution in [0.1, 0.15) is 35.3 Å². The number of aryl methyl sites for hydroxylation is 2. The van der Waals surface area contributed by atoms with Crippen molar-refractivity contribution in [1.29, 1.82) is 0 Å². The number of fused-ring (bicyclic) bond motifs is 1. The minimum Gasteiger partial charge on any atom is -0.345 e. The van der Waals surface area contributed by atoms with Crippen molar-refractivity contribution in [2.24, 2.45) is 5.92 Å². The molecule has 0 spiro atoms. The number of anilines is 2. The van der Waals surface area contributed by atoms with E-state index in [0.717, 1.165) is 11.3 Å². The number of carbonyl (C=O) groups excluding carboxylic acids is 1. The summed E-state index contributed by atoms with van der Waals surface area (Å²) in [7, 11) is 3.39. The fraction of sp³-hybridized carbons (Fsp3) is 0.320. The van der Waals surface area contributed by atoms with Gasteiger partial charge in [-0.25, -0.2) is 19.3 Å². The van der Waals surface area contributed by atoms with Crippen molar-refractivity contribution in [3.8, 4) is 5.82 Å². The molecule has 0 aliphatic heterocycles. The number of benzene rings is 1. The smallest absolute Gasteiger partial charge is 0.278 e. The summed E-state index contributed by atoms with van der Waals surface area (Å²) in [5.74, 6) is 0.862. The van der Waals surface area contributed by atoms with Gasteiger partial charge in [0.25, 0.3) is 11.5 Å². The first-order valence-corrected chi connectivity index (χ1v) is 11.2. The molecule has 0 saturated carbocycles. The van der Waals surface area contributed by atoms with Crippen LogP contribution in [0.25, 0.3) is 16.9 Å². The molecule has 1 aromatic carbocycles. The molecule has 4 aromatic rings. The van der Waals surface area contributed by atoms with Gasteiger partial charge in [0.1, 0.15) is 5.39 Å². The summed E-state index contributed by atoms with van der Waals surface area (Å²) in [5, 5.41) is 3.62. The van der Waals surface area contributed by atoms with E-state index in [-0.39, 0.29) is 17.4 Å². The second-order valence-electron chi connectivity index (χ2n) is 9.05. The lowest BCUT2D eigenvalue weighted by Gasteiger charge is -2.15. The number of nitrogens with zero attached hydrogens (tertiary/aromatic N) is 6.